The zero-order valence-electron chi connectivity index (χ0n) is 12.2. The topological polar surface area (TPSA) is 98.2 Å². The molecule has 3 rings (SSSR count). The highest BCUT2D eigenvalue weighted by Crippen LogP contribution is 2.30. The molecule has 3 N–H and O–H groups in total. The van der Waals surface area contributed by atoms with E-state index in [-0.39, 0.29) is 5.92 Å². The normalized spacial score (nSPS) is 21.8. The van der Waals surface area contributed by atoms with Crippen molar-refractivity contribution in [1.82, 2.24) is 9.78 Å². The summed E-state index contributed by atoms with van der Waals surface area (Å²) >= 11 is 0. The molecule has 1 fully saturated rings. The Hall–Kier alpha value is -2.37. The number of carboxylic acid groups (broad SMARTS) is 1. The largest absolute Gasteiger partial charge is 0.481 e. The molecule has 1 saturated carbocycles. The molecule has 2 aromatic rings. The van der Waals surface area contributed by atoms with E-state index in [1.807, 2.05) is 10.7 Å². The molecule has 1 aromatic carbocycles. The highest BCUT2D eigenvalue weighted by molar-refractivity contribution is 5.96. The molecule has 6 heteroatoms. The molecule has 0 radical (unpaired) electrons. The second-order valence-electron chi connectivity index (χ2n) is 6.02. The summed E-state index contributed by atoms with van der Waals surface area (Å²) in [7, 11) is 0. The van der Waals surface area contributed by atoms with E-state index in [1.165, 1.54) is 0 Å². The Morgan fingerprint density at radius 2 is 2.00 bits per heavy atom. The van der Waals surface area contributed by atoms with Crippen LogP contribution >= 0.6 is 0 Å². The minimum absolute atomic E-state index is 0.202. The molecule has 1 aliphatic rings. The van der Waals surface area contributed by atoms with Gasteiger partial charge in [0.15, 0.2) is 0 Å². The van der Waals surface area contributed by atoms with Crippen LogP contribution in [-0.2, 0) is 11.3 Å². The van der Waals surface area contributed by atoms with Gasteiger partial charge in [0.25, 0.3) is 0 Å². The Morgan fingerprint density at radius 3 is 2.64 bits per heavy atom. The van der Waals surface area contributed by atoms with E-state index < -0.39 is 11.9 Å². The molecule has 1 aliphatic carbocycles. The van der Waals surface area contributed by atoms with Crippen molar-refractivity contribution in [3.8, 4) is 0 Å². The summed E-state index contributed by atoms with van der Waals surface area (Å²) in [5, 5.41) is 14.4. The van der Waals surface area contributed by atoms with Crippen molar-refractivity contribution in [2.45, 2.75) is 32.2 Å². The van der Waals surface area contributed by atoms with Gasteiger partial charge < -0.3 is 10.8 Å². The number of aromatic nitrogens is 2. The summed E-state index contributed by atoms with van der Waals surface area (Å²) in [6.07, 6.45) is 5.03. The molecule has 1 heterocycles. The van der Waals surface area contributed by atoms with Crippen molar-refractivity contribution in [2.75, 3.05) is 0 Å². The van der Waals surface area contributed by atoms with E-state index >= 15 is 0 Å². The lowest BCUT2D eigenvalue weighted by Crippen LogP contribution is -2.24. The van der Waals surface area contributed by atoms with Crippen molar-refractivity contribution >= 4 is 22.8 Å². The number of nitrogens with zero attached hydrogens (tertiary/aromatic N) is 2. The second kappa shape index (κ2) is 5.79. The lowest BCUT2D eigenvalue weighted by molar-refractivity contribution is -0.143. The maximum Gasteiger partial charge on any atom is 0.306 e. The molecule has 0 atom stereocenters. The van der Waals surface area contributed by atoms with Crippen LogP contribution in [0.4, 0.5) is 0 Å². The Balaban J connectivity index is 1.75. The number of nitrogens with two attached hydrogens (primary N) is 1. The number of aliphatic carboxylic acids is 1. The number of carboxylic acids is 1. The quantitative estimate of drug-likeness (QED) is 0.902. The number of primary amides is 1. The van der Waals surface area contributed by atoms with Gasteiger partial charge in [0, 0.05) is 17.5 Å². The molecule has 0 bridgehead atoms. The third kappa shape index (κ3) is 2.81. The maximum atomic E-state index is 11.3. The Morgan fingerprint density at radius 1 is 1.27 bits per heavy atom. The highest BCUT2D eigenvalue weighted by atomic mass is 16.4. The fourth-order valence-electron chi connectivity index (χ4n) is 3.21. The van der Waals surface area contributed by atoms with Crippen LogP contribution in [0, 0.1) is 11.8 Å². The minimum Gasteiger partial charge on any atom is -0.481 e. The van der Waals surface area contributed by atoms with Gasteiger partial charge in [-0.1, -0.05) is 6.07 Å². The number of rotatable bonds is 4. The standard InChI is InChI=1S/C16H19N3O3/c17-15(20)12-5-6-13-8-18-19(14(13)7-12)9-10-1-3-11(4-2-10)16(21)22/h5-8,10-11H,1-4,9H2,(H2,17,20)(H,21,22). The van der Waals surface area contributed by atoms with Gasteiger partial charge in [-0.3, -0.25) is 14.3 Å². The van der Waals surface area contributed by atoms with Crippen molar-refractivity contribution < 1.29 is 14.7 Å². The van der Waals surface area contributed by atoms with Gasteiger partial charge in [-0.15, -0.1) is 0 Å². The number of fused-ring (bicyclic) bond motifs is 1. The van der Waals surface area contributed by atoms with Crippen LogP contribution in [0.3, 0.4) is 0 Å². The van der Waals surface area contributed by atoms with E-state index in [0.29, 0.717) is 11.5 Å². The molecule has 116 valence electrons. The van der Waals surface area contributed by atoms with Gasteiger partial charge in [-0.25, -0.2) is 0 Å². The summed E-state index contributed by atoms with van der Waals surface area (Å²) in [5.74, 6) is -0.909. The number of amides is 1. The lowest BCUT2D eigenvalue weighted by atomic mass is 9.82. The predicted octanol–water partition coefficient (Wildman–Crippen LogP) is 2.03. The third-order valence-electron chi connectivity index (χ3n) is 4.56. The molecule has 22 heavy (non-hydrogen) atoms. The fraction of sp³-hybridized carbons (Fsp3) is 0.438. The molecule has 6 nitrogen and oxygen atoms in total. The monoisotopic (exact) mass is 301 g/mol. The Kier molecular flexibility index (Phi) is 3.83. The van der Waals surface area contributed by atoms with E-state index in [2.05, 4.69) is 5.10 Å². The molecule has 1 aromatic heterocycles. The molecule has 0 spiro atoms. The Bertz CT molecular complexity index is 714. The average molecular weight is 301 g/mol. The molecule has 0 saturated heterocycles. The summed E-state index contributed by atoms with van der Waals surface area (Å²) in [5.41, 5.74) is 6.70. The first-order valence-corrected chi connectivity index (χ1v) is 7.53. The first-order chi connectivity index (χ1) is 10.5. The van der Waals surface area contributed by atoms with Crippen LogP contribution in [0.5, 0.6) is 0 Å². The third-order valence-corrected chi connectivity index (χ3v) is 4.56. The molecule has 0 aliphatic heterocycles. The van der Waals surface area contributed by atoms with Gasteiger partial charge >= 0.3 is 5.97 Å². The van der Waals surface area contributed by atoms with Gasteiger partial charge in [-0.2, -0.15) is 5.10 Å². The van der Waals surface area contributed by atoms with Crippen LogP contribution in [0.2, 0.25) is 0 Å². The molecular formula is C16H19N3O3. The maximum absolute atomic E-state index is 11.3. The number of hydrogen-bond donors (Lipinski definition) is 2. The molecule has 1 amide bonds. The van der Waals surface area contributed by atoms with Crippen LogP contribution < -0.4 is 5.73 Å². The summed E-state index contributed by atoms with van der Waals surface area (Å²) in [6.45, 7) is 0.748. The average Bonchev–Trinajstić information content (AvgIpc) is 2.90. The SMILES string of the molecule is NC(=O)c1ccc2cnn(CC3CCC(C(=O)O)CC3)c2c1. The van der Waals surface area contributed by atoms with Crippen LogP contribution in [0.15, 0.2) is 24.4 Å². The summed E-state index contributed by atoms with van der Waals surface area (Å²) in [6, 6.07) is 5.32. The molecular weight excluding hydrogens is 282 g/mol. The zero-order chi connectivity index (χ0) is 15.7. The van der Waals surface area contributed by atoms with Gasteiger partial charge in [0.2, 0.25) is 5.91 Å². The van der Waals surface area contributed by atoms with E-state index in [9.17, 15) is 9.59 Å². The van der Waals surface area contributed by atoms with Crippen LogP contribution in [-0.4, -0.2) is 26.8 Å². The summed E-state index contributed by atoms with van der Waals surface area (Å²) in [4.78, 5) is 22.3. The lowest BCUT2D eigenvalue weighted by Gasteiger charge is -2.26. The van der Waals surface area contributed by atoms with Crippen molar-refractivity contribution in [3.63, 3.8) is 0 Å². The van der Waals surface area contributed by atoms with Gasteiger partial charge in [-0.05, 0) is 43.7 Å². The first-order valence-electron chi connectivity index (χ1n) is 7.53. The zero-order valence-corrected chi connectivity index (χ0v) is 12.2. The summed E-state index contributed by atoms with van der Waals surface area (Å²) < 4.78 is 1.90. The van der Waals surface area contributed by atoms with Crippen LogP contribution in [0.25, 0.3) is 10.9 Å². The second-order valence-corrected chi connectivity index (χ2v) is 6.02. The van der Waals surface area contributed by atoms with E-state index in [0.717, 1.165) is 43.1 Å². The Labute approximate surface area is 127 Å². The van der Waals surface area contributed by atoms with Crippen molar-refractivity contribution in [3.05, 3.63) is 30.0 Å². The predicted molar refractivity (Wildman–Crippen MR) is 81.3 cm³/mol. The number of benzene rings is 1. The van der Waals surface area contributed by atoms with Gasteiger partial charge in [0.1, 0.15) is 0 Å². The van der Waals surface area contributed by atoms with Crippen LogP contribution in [0.1, 0.15) is 36.0 Å². The van der Waals surface area contributed by atoms with Crippen molar-refractivity contribution in [1.29, 1.82) is 0 Å². The number of carbonyl (C=O) groups is 2. The molecule has 0 unspecified atom stereocenters. The first kappa shape index (κ1) is 14.6. The number of carbonyl (C=O) groups excluding carboxylic acids is 1. The number of hydrogen-bond acceptors (Lipinski definition) is 3. The minimum atomic E-state index is -0.686. The van der Waals surface area contributed by atoms with E-state index in [4.69, 9.17) is 10.8 Å². The van der Waals surface area contributed by atoms with Crippen molar-refractivity contribution in [2.24, 2.45) is 17.6 Å². The highest BCUT2D eigenvalue weighted by Gasteiger charge is 2.26. The van der Waals surface area contributed by atoms with Gasteiger partial charge in [0.05, 0.1) is 17.6 Å². The fourth-order valence-corrected chi connectivity index (χ4v) is 3.21. The smallest absolute Gasteiger partial charge is 0.306 e. The van der Waals surface area contributed by atoms with E-state index in [1.54, 1.807) is 18.3 Å².